The standard InChI is InChI=1S/C16H22N4/c1-12-11-19(2)8-3-9-20(12)15-5-4-13-10-18-7-6-14(13)16(15)17/h4-7,10,12H,3,8-9,11,17H2,1-2H3. The molecular weight excluding hydrogens is 248 g/mol. The summed E-state index contributed by atoms with van der Waals surface area (Å²) in [6, 6.07) is 6.74. The maximum atomic E-state index is 6.41. The molecule has 4 heteroatoms. The Labute approximate surface area is 120 Å². The van der Waals surface area contributed by atoms with E-state index < -0.39 is 0 Å². The molecule has 0 spiro atoms. The van der Waals surface area contributed by atoms with Gasteiger partial charge in [0, 0.05) is 42.3 Å². The van der Waals surface area contributed by atoms with Gasteiger partial charge in [0.15, 0.2) is 0 Å². The Bertz CT molecular complexity index is 610. The molecule has 1 unspecified atom stereocenters. The van der Waals surface area contributed by atoms with Crippen molar-refractivity contribution < 1.29 is 0 Å². The van der Waals surface area contributed by atoms with Crippen LogP contribution in [0.15, 0.2) is 30.6 Å². The molecule has 0 aliphatic carbocycles. The van der Waals surface area contributed by atoms with Crippen molar-refractivity contribution in [1.82, 2.24) is 9.88 Å². The van der Waals surface area contributed by atoms with Crippen molar-refractivity contribution in [3.05, 3.63) is 30.6 Å². The minimum Gasteiger partial charge on any atom is -0.397 e. The highest BCUT2D eigenvalue weighted by Gasteiger charge is 2.21. The zero-order valence-electron chi connectivity index (χ0n) is 12.2. The Morgan fingerprint density at radius 1 is 1.25 bits per heavy atom. The number of anilines is 2. The Morgan fingerprint density at radius 3 is 2.95 bits per heavy atom. The van der Waals surface area contributed by atoms with Gasteiger partial charge in [0.25, 0.3) is 0 Å². The van der Waals surface area contributed by atoms with E-state index in [0.717, 1.165) is 41.8 Å². The number of hydrogen-bond donors (Lipinski definition) is 1. The highest BCUT2D eigenvalue weighted by molar-refractivity contribution is 5.98. The molecule has 0 bridgehead atoms. The van der Waals surface area contributed by atoms with Crippen LogP contribution in [0.2, 0.25) is 0 Å². The van der Waals surface area contributed by atoms with Crippen LogP contribution in [-0.4, -0.2) is 42.6 Å². The first kappa shape index (κ1) is 13.2. The topological polar surface area (TPSA) is 45.4 Å². The normalized spacial score (nSPS) is 21.1. The summed E-state index contributed by atoms with van der Waals surface area (Å²) >= 11 is 0. The molecule has 1 aliphatic heterocycles. The first-order valence-electron chi connectivity index (χ1n) is 7.24. The molecule has 1 aromatic heterocycles. The van der Waals surface area contributed by atoms with Gasteiger partial charge in [-0.15, -0.1) is 0 Å². The van der Waals surface area contributed by atoms with Gasteiger partial charge in [-0.25, -0.2) is 0 Å². The summed E-state index contributed by atoms with van der Waals surface area (Å²) < 4.78 is 0. The Kier molecular flexibility index (Phi) is 3.49. The van der Waals surface area contributed by atoms with Crippen LogP contribution in [0.4, 0.5) is 11.4 Å². The third-order valence-corrected chi connectivity index (χ3v) is 4.20. The van der Waals surface area contributed by atoms with Gasteiger partial charge in [0.05, 0.1) is 11.4 Å². The number of pyridine rings is 1. The minimum absolute atomic E-state index is 0.476. The molecule has 1 aromatic carbocycles. The molecule has 2 N–H and O–H groups in total. The van der Waals surface area contributed by atoms with Crippen molar-refractivity contribution in [2.24, 2.45) is 0 Å². The molecule has 0 amide bonds. The quantitative estimate of drug-likeness (QED) is 0.808. The van der Waals surface area contributed by atoms with Crippen LogP contribution in [0, 0.1) is 0 Å². The van der Waals surface area contributed by atoms with Crippen molar-refractivity contribution in [3.63, 3.8) is 0 Å². The average molecular weight is 270 g/mol. The van der Waals surface area contributed by atoms with Crippen LogP contribution in [-0.2, 0) is 0 Å². The summed E-state index contributed by atoms with van der Waals surface area (Å²) in [5, 5.41) is 2.20. The lowest BCUT2D eigenvalue weighted by molar-refractivity contribution is 0.337. The summed E-state index contributed by atoms with van der Waals surface area (Å²) in [6.45, 7) is 5.57. The SMILES string of the molecule is CC1CN(C)CCCN1c1ccc2cnccc2c1N. The molecule has 4 nitrogen and oxygen atoms in total. The molecule has 0 radical (unpaired) electrons. The molecule has 1 fully saturated rings. The van der Waals surface area contributed by atoms with Gasteiger partial charge in [0.1, 0.15) is 0 Å². The third kappa shape index (κ3) is 2.31. The third-order valence-electron chi connectivity index (χ3n) is 4.20. The lowest BCUT2D eigenvalue weighted by Crippen LogP contribution is -2.38. The molecule has 1 atom stereocenters. The van der Waals surface area contributed by atoms with Gasteiger partial charge in [-0.05, 0) is 39.1 Å². The van der Waals surface area contributed by atoms with Crippen LogP contribution in [0.1, 0.15) is 13.3 Å². The molecule has 2 aromatic rings. The zero-order chi connectivity index (χ0) is 14.1. The van der Waals surface area contributed by atoms with Crippen LogP contribution >= 0.6 is 0 Å². The van der Waals surface area contributed by atoms with Gasteiger partial charge in [-0.1, -0.05) is 6.07 Å². The highest BCUT2D eigenvalue weighted by Crippen LogP contribution is 2.32. The summed E-state index contributed by atoms with van der Waals surface area (Å²) in [5.41, 5.74) is 8.45. The number of rotatable bonds is 1. The number of nitrogens with two attached hydrogens (primary N) is 1. The Hall–Kier alpha value is -1.81. The number of nitrogens with zero attached hydrogens (tertiary/aromatic N) is 3. The summed E-state index contributed by atoms with van der Waals surface area (Å²) in [5.74, 6) is 0. The van der Waals surface area contributed by atoms with Gasteiger partial charge < -0.3 is 15.5 Å². The molecule has 106 valence electrons. The minimum atomic E-state index is 0.476. The van der Waals surface area contributed by atoms with Gasteiger partial charge in [-0.3, -0.25) is 4.98 Å². The van der Waals surface area contributed by atoms with E-state index in [-0.39, 0.29) is 0 Å². The van der Waals surface area contributed by atoms with Crippen LogP contribution in [0.25, 0.3) is 10.8 Å². The highest BCUT2D eigenvalue weighted by atomic mass is 15.2. The van der Waals surface area contributed by atoms with Gasteiger partial charge in [0.2, 0.25) is 0 Å². The van der Waals surface area contributed by atoms with Crippen molar-refractivity contribution in [1.29, 1.82) is 0 Å². The molecule has 3 rings (SSSR count). The molecule has 1 saturated heterocycles. The predicted octanol–water partition coefficient (Wildman–Crippen LogP) is 2.35. The first-order chi connectivity index (χ1) is 9.66. The number of aromatic nitrogens is 1. The molecule has 0 saturated carbocycles. The van der Waals surface area contributed by atoms with E-state index in [1.807, 2.05) is 18.5 Å². The van der Waals surface area contributed by atoms with E-state index in [1.165, 1.54) is 6.42 Å². The van der Waals surface area contributed by atoms with Crippen molar-refractivity contribution in [2.75, 3.05) is 37.3 Å². The number of fused-ring (bicyclic) bond motifs is 1. The van der Waals surface area contributed by atoms with Crippen LogP contribution < -0.4 is 10.6 Å². The van der Waals surface area contributed by atoms with E-state index in [9.17, 15) is 0 Å². The first-order valence-corrected chi connectivity index (χ1v) is 7.24. The molecule has 1 aliphatic rings. The zero-order valence-corrected chi connectivity index (χ0v) is 12.2. The maximum absolute atomic E-state index is 6.41. The van der Waals surface area contributed by atoms with E-state index in [1.54, 1.807) is 0 Å². The summed E-state index contributed by atoms with van der Waals surface area (Å²) in [4.78, 5) is 9.00. The second-order valence-corrected chi connectivity index (χ2v) is 5.75. The van der Waals surface area contributed by atoms with Crippen molar-refractivity contribution in [2.45, 2.75) is 19.4 Å². The lowest BCUT2D eigenvalue weighted by atomic mass is 10.1. The smallest absolute Gasteiger partial charge is 0.0632 e. The number of nitrogen functional groups attached to an aromatic ring is 1. The predicted molar refractivity (Wildman–Crippen MR) is 85.1 cm³/mol. The monoisotopic (exact) mass is 270 g/mol. The fourth-order valence-electron chi connectivity index (χ4n) is 3.16. The van der Waals surface area contributed by atoms with Crippen molar-refractivity contribution >= 4 is 22.1 Å². The Balaban J connectivity index is 2.02. The molecular formula is C16H22N4. The summed E-state index contributed by atoms with van der Waals surface area (Å²) in [6.07, 6.45) is 4.85. The van der Waals surface area contributed by atoms with Crippen LogP contribution in [0.3, 0.4) is 0 Å². The number of benzene rings is 1. The van der Waals surface area contributed by atoms with Crippen molar-refractivity contribution in [3.8, 4) is 0 Å². The lowest BCUT2D eigenvalue weighted by Gasteiger charge is -2.31. The number of likely N-dealkylation sites (N-methyl/N-ethyl adjacent to an activating group) is 1. The maximum Gasteiger partial charge on any atom is 0.0632 e. The van der Waals surface area contributed by atoms with E-state index in [0.29, 0.717) is 6.04 Å². The average Bonchev–Trinajstić information content (AvgIpc) is 2.60. The van der Waals surface area contributed by atoms with Gasteiger partial charge in [-0.2, -0.15) is 0 Å². The van der Waals surface area contributed by atoms with E-state index >= 15 is 0 Å². The molecule has 20 heavy (non-hydrogen) atoms. The van der Waals surface area contributed by atoms with E-state index in [2.05, 4.69) is 40.9 Å². The second-order valence-electron chi connectivity index (χ2n) is 5.75. The second kappa shape index (κ2) is 5.29. The molecule has 2 heterocycles. The van der Waals surface area contributed by atoms with E-state index in [4.69, 9.17) is 5.73 Å². The van der Waals surface area contributed by atoms with Gasteiger partial charge >= 0.3 is 0 Å². The number of hydrogen-bond acceptors (Lipinski definition) is 4. The fourth-order valence-corrected chi connectivity index (χ4v) is 3.16. The summed E-state index contributed by atoms with van der Waals surface area (Å²) in [7, 11) is 2.19. The van der Waals surface area contributed by atoms with Crippen LogP contribution in [0.5, 0.6) is 0 Å². The Morgan fingerprint density at radius 2 is 2.10 bits per heavy atom. The largest absolute Gasteiger partial charge is 0.397 e. The fraction of sp³-hybridized carbons (Fsp3) is 0.438.